The van der Waals surface area contributed by atoms with E-state index >= 15 is 0 Å². The molecule has 19 heteroatoms. The van der Waals surface area contributed by atoms with Crippen molar-refractivity contribution in [1.82, 2.24) is 14.9 Å². The van der Waals surface area contributed by atoms with Gasteiger partial charge in [0.25, 0.3) is 15.8 Å². The largest absolute Gasteiger partial charge is 0.497 e. The Hall–Kier alpha value is -2.77. The molecule has 0 spiro atoms. The molecule has 2 amide bonds. The highest BCUT2D eigenvalue weighted by Crippen LogP contribution is 2.30. The number of methoxy groups -OCH3 is 2. The van der Waals surface area contributed by atoms with Gasteiger partial charge in [0, 0.05) is 13.7 Å². The van der Waals surface area contributed by atoms with Gasteiger partial charge >= 0.3 is 6.18 Å². The number of Topliss-reactive ketones (excluding diaryl/α,β-unsaturated/α-hetero) is 1. The zero-order valence-corrected chi connectivity index (χ0v) is 28.2. The van der Waals surface area contributed by atoms with Crippen LogP contribution in [-0.4, -0.2) is 96.3 Å². The van der Waals surface area contributed by atoms with E-state index in [1.807, 2.05) is 5.32 Å². The molecule has 3 rings (SSSR count). The third-order valence-corrected chi connectivity index (χ3v) is 12.4. The normalized spacial score (nSPS) is 18.8. The number of carbonyl (C=O) groups excluding carboxylic acids is 3. The summed E-state index contributed by atoms with van der Waals surface area (Å²) in [5.74, 6) is -5.57. The zero-order chi connectivity index (χ0) is 34.6. The maximum absolute atomic E-state index is 13.8. The first-order chi connectivity index (χ1) is 21.3. The van der Waals surface area contributed by atoms with Crippen molar-refractivity contribution in [3.63, 3.8) is 0 Å². The first-order valence-corrected chi connectivity index (χ1v) is 18.0. The van der Waals surface area contributed by atoms with E-state index in [1.165, 1.54) is 64.5 Å². The van der Waals surface area contributed by atoms with Crippen LogP contribution in [0.25, 0.3) is 0 Å². The first-order valence-electron chi connectivity index (χ1n) is 13.6. The van der Waals surface area contributed by atoms with Crippen molar-refractivity contribution >= 4 is 60.4 Å². The third kappa shape index (κ3) is 9.19. The van der Waals surface area contributed by atoms with Gasteiger partial charge in [0.15, 0.2) is 9.84 Å². The lowest BCUT2D eigenvalue weighted by atomic mass is 9.98. The van der Waals surface area contributed by atoms with Gasteiger partial charge in [-0.25, -0.2) is 16.8 Å². The summed E-state index contributed by atoms with van der Waals surface area (Å²) in [7, 11) is -5.87. The van der Waals surface area contributed by atoms with Crippen LogP contribution in [-0.2, 0) is 44.7 Å². The SMILES string of the molecule is COC[C@H](NS(=O)(=O)c1ccc(Cl)s1)C(=O)N1C[C@H](S(=O)(=O)Cc2ccc(OC)cc2)C[C@H]1C(=O)NC(C(=O)C(F)(F)F)C(C)C. The topological polar surface area (TPSA) is 165 Å². The van der Waals surface area contributed by atoms with Crippen molar-refractivity contribution in [2.45, 2.75) is 59.8 Å². The minimum atomic E-state index is -5.29. The Morgan fingerprint density at radius 2 is 1.70 bits per heavy atom. The van der Waals surface area contributed by atoms with Crippen molar-refractivity contribution in [3.8, 4) is 5.75 Å². The average molecular weight is 732 g/mol. The Morgan fingerprint density at radius 3 is 2.20 bits per heavy atom. The maximum atomic E-state index is 13.8. The van der Waals surface area contributed by atoms with Crippen LogP contribution in [0.5, 0.6) is 5.75 Å². The van der Waals surface area contributed by atoms with Crippen LogP contribution in [0.2, 0.25) is 4.34 Å². The molecule has 12 nitrogen and oxygen atoms in total. The van der Waals surface area contributed by atoms with Crippen LogP contribution in [0.3, 0.4) is 0 Å². The molecule has 4 atom stereocenters. The van der Waals surface area contributed by atoms with Gasteiger partial charge in [-0.3, -0.25) is 14.4 Å². The summed E-state index contributed by atoms with van der Waals surface area (Å²) in [6, 6.07) is 3.23. The molecule has 0 aliphatic carbocycles. The molecule has 1 aliphatic heterocycles. The van der Waals surface area contributed by atoms with E-state index in [4.69, 9.17) is 21.1 Å². The highest BCUT2D eigenvalue weighted by Gasteiger charge is 2.49. The van der Waals surface area contributed by atoms with E-state index in [-0.39, 0.29) is 8.55 Å². The fourth-order valence-electron chi connectivity index (χ4n) is 4.79. The number of ether oxygens (including phenoxy) is 2. The number of sulfone groups is 1. The number of hydrogen-bond donors (Lipinski definition) is 2. The second-order valence-electron chi connectivity index (χ2n) is 10.8. The molecule has 1 aromatic carbocycles. The molecular formula is C27H33ClF3N3O9S3. The Balaban J connectivity index is 1.97. The summed E-state index contributed by atoms with van der Waals surface area (Å²) in [4.78, 5) is 40.2. The van der Waals surface area contributed by atoms with Crippen molar-refractivity contribution in [2.75, 3.05) is 27.4 Å². The first kappa shape index (κ1) is 37.7. The van der Waals surface area contributed by atoms with E-state index in [9.17, 15) is 44.4 Å². The van der Waals surface area contributed by atoms with Gasteiger partial charge < -0.3 is 19.7 Å². The summed E-state index contributed by atoms with van der Waals surface area (Å²) >= 11 is 6.55. The van der Waals surface area contributed by atoms with Crippen LogP contribution in [0.15, 0.2) is 40.6 Å². The summed E-state index contributed by atoms with van der Waals surface area (Å²) in [5, 5.41) is 0.664. The van der Waals surface area contributed by atoms with E-state index in [2.05, 4.69) is 4.72 Å². The molecule has 0 radical (unpaired) electrons. The van der Waals surface area contributed by atoms with Crippen LogP contribution in [0, 0.1) is 5.92 Å². The van der Waals surface area contributed by atoms with E-state index in [0.717, 1.165) is 4.90 Å². The van der Waals surface area contributed by atoms with Crippen molar-refractivity contribution in [2.24, 2.45) is 5.92 Å². The zero-order valence-electron chi connectivity index (χ0n) is 25.0. The van der Waals surface area contributed by atoms with Gasteiger partial charge in [0.05, 0.1) is 35.1 Å². The van der Waals surface area contributed by atoms with E-state index < -0.39 is 98.3 Å². The van der Waals surface area contributed by atoms with E-state index in [0.29, 0.717) is 22.6 Å². The number of hydrogen-bond acceptors (Lipinski definition) is 10. The number of thiophene rings is 1. The standard InChI is InChI=1S/C27H33ClF3N3O9S3/c1-15(2)23(24(35)27(29,30)31)32-25(36)20-11-18(45(38,39)14-16-5-7-17(43-4)8-6-16)12-34(20)26(37)19(13-42-3)33-46(40,41)22-10-9-21(28)44-22/h5-10,15,18-20,23,33H,11-14H2,1-4H3,(H,32,36)/t18-,19+,20+,23?/m1/s1. The molecule has 0 bridgehead atoms. The summed E-state index contributed by atoms with van der Waals surface area (Å²) in [6.07, 6.45) is -5.82. The molecule has 0 saturated carbocycles. The lowest BCUT2D eigenvalue weighted by molar-refractivity contribution is -0.175. The molecule has 2 aromatic rings. The molecule has 1 saturated heterocycles. The molecule has 1 unspecified atom stereocenters. The smallest absolute Gasteiger partial charge is 0.452 e. The fraction of sp³-hybridized carbons (Fsp3) is 0.519. The molecule has 1 aromatic heterocycles. The summed E-state index contributed by atoms with van der Waals surface area (Å²) < 4.78 is 105. The highest BCUT2D eigenvalue weighted by molar-refractivity contribution is 7.91. The Kier molecular flexibility index (Phi) is 12.3. The maximum Gasteiger partial charge on any atom is 0.452 e. The van der Waals surface area contributed by atoms with Gasteiger partial charge in [0.2, 0.25) is 11.8 Å². The minimum absolute atomic E-state index is 0.143. The predicted octanol–water partition coefficient (Wildman–Crippen LogP) is 2.56. The van der Waals surface area contributed by atoms with Gasteiger partial charge in [-0.2, -0.15) is 17.9 Å². The van der Waals surface area contributed by atoms with Crippen LogP contribution >= 0.6 is 22.9 Å². The van der Waals surface area contributed by atoms with E-state index in [1.54, 1.807) is 0 Å². The summed E-state index contributed by atoms with van der Waals surface area (Å²) in [5.41, 5.74) is 0.363. The monoisotopic (exact) mass is 731 g/mol. The fourth-order valence-corrected chi connectivity index (χ4v) is 9.22. The predicted molar refractivity (Wildman–Crippen MR) is 163 cm³/mol. The minimum Gasteiger partial charge on any atom is -0.497 e. The van der Waals surface area contributed by atoms with Crippen molar-refractivity contribution < 1.29 is 53.9 Å². The Labute approximate surface area is 273 Å². The number of ketones is 1. The Morgan fingerprint density at radius 1 is 1.07 bits per heavy atom. The number of rotatable bonds is 14. The lowest BCUT2D eigenvalue weighted by Crippen LogP contribution is -2.57. The second kappa shape index (κ2) is 15.0. The number of sulfonamides is 1. The van der Waals surface area contributed by atoms with Crippen LogP contribution in [0.4, 0.5) is 13.2 Å². The average Bonchev–Trinajstić information content (AvgIpc) is 3.62. The highest BCUT2D eigenvalue weighted by atomic mass is 35.5. The molecule has 2 N–H and O–H groups in total. The quantitative estimate of drug-likeness (QED) is 0.297. The molecule has 1 fully saturated rings. The molecule has 2 heterocycles. The third-order valence-electron chi connectivity index (χ3n) is 7.15. The number of nitrogens with one attached hydrogen (secondary N) is 2. The number of amides is 2. The Bertz CT molecular complexity index is 1630. The van der Waals surface area contributed by atoms with Crippen molar-refractivity contribution in [3.05, 3.63) is 46.3 Å². The summed E-state index contributed by atoms with van der Waals surface area (Å²) in [6.45, 7) is 1.40. The second-order valence-corrected chi connectivity index (χ2v) is 16.7. The van der Waals surface area contributed by atoms with Gasteiger partial charge in [-0.05, 0) is 42.2 Å². The number of alkyl halides is 3. The number of halogens is 4. The molecule has 46 heavy (non-hydrogen) atoms. The number of carbonyl (C=O) groups is 3. The van der Waals surface area contributed by atoms with Crippen LogP contribution < -0.4 is 14.8 Å². The number of nitrogens with zero attached hydrogens (tertiary/aromatic N) is 1. The molecule has 256 valence electrons. The lowest BCUT2D eigenvalue weighted by Gasteiger charge is -2.30. The van der Waals surface area contributed by atoms with Crippen LogP contribution in [0.1, 0.15) is 25.8 Å². The molecule has 1 aliphatic rings. The van der Waals surface area contributed by atoms with Gasteiger partial charge in [-0.15, -0.1) is 11.3 Å². The molecular weight excluding hydrogens is 699 g/mol. The van der Waals surface area contributed by atoms with Gasteiger partial charge in [0.1, 0.15) is 22.0 Å². The number of likely N-dealkylation sites (tertiary alicyclic amines) is 1. The van der Waals surface area contributed by atoms with Gasteiger partial charge in [-0.1, -0.05) is 37.6 Å². The number of benzene rings is 1. The van der Waals surface area contributed by atoms with Crippen molar-refractivity contribution in [1.29, 1.82) is 0 Å².